The number of rotatable bonds is 4. The molecule has 2 rings (SSSR count). The van der Waals surface area contributed by atoms with Gasteiger partial charge in [0.15, 0.2) is 0 Å². The quantitative estimate of drug-likeness (QED) is 0.349. The van der Waals surface area contributed by atoms with Crippen LogP contribution in [0.4, 0.5) is 10.1 Å². The van der Waals surface area contributed by atoms with Gasteiger partial charge in [0.2, 0.25) is 0 Å². The minimum atomic E-state index is -2.95. The standard InChI is InChI=1S/C15H10Cl4FNS/c16-14(17,20)15(18,19)21(12-9-5-2-6-10-12)13(22)11-7-3-1-4-8-11/h1-10H. The Hall–Kier alpha value is -0.580. The Kier molecular flexibility index (Phi) is 5.57. The van der Waals surface area contributed by atoms with Crippen molar-refractivity contribution in [1.29, 1.82) is 0 Å². The first kappa shape index (κ1) is 17.8. The molecule has 0 saturated heterocycles. The van der Waals surface area contributed by atoms with Crippen LogP contribution in [0.15, 0.2) is 60.7 Å². The van der Waals surface area contributed by atoms with Gasteiger partial charge >= 0.3 is 4.59 Å². The summed E-state index contributed by atoms with van der Waals surface area (Å²) >= 11 is 28.7. The minimum absolute atomic E-state index is 0.195. The highest BCUT2D eigenvalue weighted by Crippen LogP contribution is 2.48. The maximum Gasteiger partial charge on any atom is 0.309 e. The number of thiocarbonyl (C=S) groups is 1. The Labute approximate surface area is 153 Å². The summed E-state index contributed by atoms with van der Waals surface area (Å²) in [4.78, 5) is 1.38. The van der Waals surface area contributed by atoms with Gasteiger partial charge in [-0.15, -0.1) is 0 Å². The number of halogens is 5. The van der Waals surface area contributed by atoms with E-state index in [9.17, 15) is 4.39 Å². The van der Waals surface area contributed by atoms with E-state index >= 15 is 0 Å². The summed E-state index contributed by atoms with van der Waals surface area (Å²) in [6.45, 7) is 0. The maximum absolute atomic E-state index is 14.1. The Bertz CT molecular complexity index is 644. The van der Waals surface area contributed by atoms with Crippen molar-refractivity contribution in [2.24, 2.45) is 0 Å². The van der Waals surface area contributed by atoms with E-state index in [4.69, 9.17) is 58.6 Å². The van der Waals surface area contributed by atoms with Crippen LogP contribution in [0.5, 0.6) is 0 Å². The van der Waals surface area contributed by atoms with Crippen LogP contribution in [0.1, 0.15) is 5.56 Å². The molecule has 0 bridgehead atoms. The Morgan fingerprint density at radius 1 is 0.864 bits per heavy atom. The molecule has 0 atom stereocenters. The van der Waals surface area contributed by atoms with Gasteiger partial charge in [0.25, 0.3) is 4.46 Å². The lowest BCUT2D eigenvalue weighted by Crippen LogP contribution is -2.52. The van der Waals surface area contributed by atoms with Crippen molar-refractivity contribution in [3.63, 3.8) is 0 Å². The van der Waals surface area contributed by atoms with Gasteiger partial charge in [-0.1, -0.05) is 107 Å². The van der Waals surface area contributed by atoms with Crippen LogP contribution in [-0.2, 0) is 0 Å². The third-order valence-corrected chi connectivity index (χ3v) is 5.07. The highest BCUT2D eigenvalue weighted by Gasteiger charge is 2.54. The lowest BCUT2D eigenvalue weighted by atomic mass is 10.2. The van der Waals surface area contributed by atoms with Gasteiger partial charge in [-0.3, -0.25) is 4.90 Å². The molecule has 0 saturated carbocycles. The van der Waals surface area contributed by atoms with E-state index in [-0.39, 0.29) is 4.99 Å². The zero-order chi connectivity index (χ0) is 16.4. The van der Waals surface area contributed by atoms with Crippen molar-refractivity contribution in [3.8, 4) is 0 Å². The van der Waals surface area contributed by atoms with Crippen LogP contribution in [0.25, 0.3) is 0 Å². The summed E-state index contributed by atoms with van der Waals surface area (Å²) in [6, 6.07) is 17.5. The lowest BCUT2D eigenvalue weighted by Gasteiger charge is -2.39. The number of benzene rings is 2. The van der Waals surface area contributed by atoms with E-state index in [2.05, 4.69) is 0 Å². The SMILES string of the molecule is FC(Cl)(Cl)C(Cl)(Cl)N(C(=S)c1ccccc1)c1ccccc1. The van der Waals surface area contributed by atoms with E-state index in [0.29, 0.717) is 11.3 Å². The van der Waals surface area contributed by atoms with Gasteiger partial charge in [0, 0.05) is 11.3 Å². The molecule has 1 nitrogen and oxygen atoms in total. The van der Waals surface area contributed by atoms with Crippen LogP contribution in [-0.4, -0.2) is 14.0 Å². The normalized spacial score (nSPS) is 12.0. The lowest BCUT2D eigenvalue weighted by molar-refractivity contribution is 0.360. The zero-order valence-corrected chi connectivity index (χ0v) is 14.9. The fraction of sp³-hybridized carbons (Fsp3) is 0.133. The summed E-state index contributed by atoms with van der Waals surface area (Å²) in [6.07, 6.45) is 0. The van der Waals surface area contributed by atoms with Crippen LogP contribution < -0.4 is 4.90 Å². The third kappa shape index (κ3) is 3.66. The molecule has 0 spiro atoms. The van der Waals surface area contributed by atoms with Gasteiger partial charge in [-0.2, -0.15) is 0 Å². The van der Waals surface area contributed by atoms with Crippen molar-refractivity contribution < 1.29 is 4.39 Å². The van der Waals surface area contributed by atoms with Gasteiger partial charge in [0.05, 0.1) is 0 Å². The molecule has 22 heavy (non-hydrogen) atoms. The highest BCUT2D eigenvalue weighted by molar-refractivity contribution is 7.81. The zero-order valence-electron chi connectivity index (χ0n) is 11.0. The summed E-state index contributed by atoms with van der Waals surface area (Å²) in [5.74, 6) is 0. The fourth-order valence-electron chi connectivity index (χ4n) is 1.82. The summed E-state index contributed by atoms with van der Waals surface area (Å²) in [5, 5.41) is 0. The van der Waals surface area contributed by atoms with E-state index in [1.54, 1.807) is 54.6 Å². The number of anilines is 1. The first-order valence-corrected chi connectivity index (χ1v) is 8.06. The molecule has 0 radical (unpaired) electrons. The number of hydrogen-bond donors (Lipinski definition) is 0. The van der Waals surface area contributed by atoms with Crippen LogP contribution in [0.3, 0.4) is 0 Å². The highest BCUT2D eigenvalue weighted by atomic mass is 35.5. The van der Waals surface area contributed by atoms with Crippen molar-refractivity contribution in [2.75, 3.05) is 4.90 Å². The second kappa shape index (κ2) is 6.90. The predicted molar refractivity (Wildman–Crippen MR) is 97.0 cm³/mol. The molecule has 0 N–H and O–H groups in total. The third-order valence-electron chi connectivity index (χ3n) is 2.86. The Balaban J connectivity index is 2.55. The molecular weight excluding hydrogens is 387 g/mol. The van der Waals surface area contributed by atoms with Crippen LogP contribution >= 0.6 is 58.6 Å². The Morgan fingerprint density at radius 2 is 1.32 bits per heavy atom. The van der Waals surface area contributed by atoms with Crippen molar-refractivity contribution in [3.05, 3.63) is 66.2 Å². The summed E-state index contributed by atoms with van der Waals surface area (Å²) in [5.41, 5.74) is 1.09. The predicted octanol–water partition coefficient (Wildman–Crippen LogP) is 6.10. The molecule has 7 heteroatoms. The minimum Gasteiger partial charge on any atom is -0.295 e. The molecule has 2 aromatic carbocycles. The van der Waals surface area contributed by atoms with E-state index < -0.39 is 9.04 Å². The largest absolute Gasteiger partial charge is 0.309 e. The smallest absolute Gasteiger partial charge is 0.295 e. The average Bonchev–Trinajstić information content (AvgIpc) is 2.48. The maximum atomic E-state index is 14.1. The Morgan fingerprint density at radius 3 is 1.77 bits per heavy atom. The fourth-order valence-corrected chi connectivity index (χ4v) is 2.83. The molecule has 0 amide bonds. The molecule has 0 aromatic heterocycles. The van der Waals surface area contributed by atoms with Crippen molar-refractivity contribution >= 4 is 69.3 Å². The van der Waals surface area contributed by atoms with Crippen LogP contribution in [0.2, 0.25) is 0 Å². The molecule has 0 heterocycles. The number of hydrogen-bond acceptors (Lipinski definition) is 1. The monoisotopic (exact) mass is 395 g/mol. The molecule has 2 aromatic rings. The van der Waals surface area contributed by atoms with Crippen molar-refractivity contribution in [1.82, 2.24) is 0 Å². The van der Waals surface area contributed by atoms with E-state index in [1.165, 1.54) is 4.90 Å². The first-order chi connectivity index (χ1) is 10.2. The summed E-state index contributed by atoms with van der Waals surface area (Å²) < 4.78 is 8.88. The second-order valence-electron chi connectivity index (χ2n) is 4.38. The number of para-hydroxylation sites is 1. The van der Waals surface area contributed by atoms with E-state index in [0.717, 1.165) is 0 Å². The number of alkyl halides is 5. The van der Waals surface area contributed by atoms with Crippen LogP contribution in [0, 0.1) is 0 Å². The molecule has 0 fully saturated rings. The molecule has 0 unspecified atom stereocenters. The van der Waals surface area contributed by atoms with Crippen molar-refractivity contribution in [2.45, 2.75) is 9.04 Å². The molecule has 0 aliphatic carbocycles. The molecule has 0 aliphatic heterocycles. The van der Waals surface area contributed by atoms with Gasteiger partial charge in [0.1, 0.15) is 4.99 Å². The summed E-state index contributed by atoms with van der Waals surface area (Å²) in [7, 11) is 0. The average molecular weight is 397 g/mol. The molecular formula is C15H10Cl4FNS. The topological polar surface area (TPSA) is 3.24 Å². The van der Waals surface area contributed by atoms with Gasteiger partial charge in [-0.05, 0) is 12.1 Å². The molecule has 116 valence electrons. The van der Waals surface area contributed by atoms with Gasteiger partial charge < -0.3 is 0 Å². The number of nitrogens with zero attached hydrogens (tertiary/aromatic N) is 1. The first-order valence-electron chi connectivity index (χ1n) is 6.14. The molecule has 0 aliphatic rings. The second-order valence-corrected chi connectivity index (χ2v) is 7.29. The van der Waals surface area contributed by atoms with Gasteiger partial charge in [-0.25, -0.2) is 4.39 Å². The van der Waals surface area contributed by atoms with E-state index in [1.807, 2.05) is 6.07 Å².